The van der Waals surface area contributed by atoms with E-state index >= 15 is 0 Å². The van der Waals surface area contributed by atoms with Crippen LogP contribution in [-0.4, -0.2) is 104 Å². The molecule has 0 aliphatic carbocycles. The number of nitriles is 1. The second-order valence-electron chi connectivity index (χ2n) is 7.93. The first kappa shape index (κ1) is 63.9. The molecule has 0 radical (unpaired) electrons. The molecule has 0 spiro atoms. The number of hydrogen-bond acceptors (Lipinski definition) is 21. The molecule has 4 aliphatic heterocycles. The van der Waals surface area contributed by atoms with Crippen molar-refractivity contribution in [1.29, 1.82) is 10.9 Å². The molecule has 4 aliphatic rings. The quantitative estimate of drug-likeness (QED) is 0.0470. The van der Waals surface area contributed by atoms with E-state index in [1.165, 1.54) is 6.92 Å². The largest absolute Gasteiger partial charge is 1.00 e. The van der Waals surface area contributed by atoms with Crippen LogP contribution in [0.5, 0.6) is 0 Å². The number of aliphatic hydroxyl groups is 1. The van der Waals surface area contributed by atoms with Gasteiger partial charge >= 0.3 is 88.7 Å². The minimum absolute atomic E-state index is 0. The number of rotatable bonds is 8. The van der Waals surface area contributed by atoms with Gasteiger partial charge in [-0.3, -0.25) is 4.99 Å². The van der Waals surface area contributed by atoms with Gasteiger partial charge in [-0.15, -0.1) is 0 Å². The van der Waals surface area contributed by atoms with E-state index in [9.17, 15) is 40.5 Å². The van der Waals surface area contributed by atoms with Crippen LogP contribution in [0.3, 0.4) is 0 Å². The van der Waals surface area contributed by atoms with Gasteiger partial charge in [-0.2, -0.15) is 17.3 Å². The van der Waals surface area contributed by atoms with Crippen LogP contribution in [0.15, 0.2) is 28.3 Å². The van der Waals surface area contributed by atoms with Gasteiger partial charge in [0.1, 0.15) is 0 Å². The third kappa shape index (κ3) is 41.3. The Morgan fingerprint density at radius 3 is 1.12 bits per heavy atom. The zero-order chi connectivity index (χ0) is 38.6. The normalized spacial score (nSPS) is 13.2. The van der Waals surface area contributed by atoms with E-state index in [0.29, 0.717) is 32.3 Å². The summed E-state index contributed by atoms with van der Waals surface area (Å²) in [5.41, 5.74) is 11.2. The van der Waals surface area contributed by atoms with Gasteiger partial charge in [-0.1, -0.05) is 27.3 Å². The van der Waals surface area contributed by atoms with Crippen molar-refractivity contribution in [2.45, 2.75) is 26.9 Å². The monoisotopic (exact) mass is 782 g/mol. The Bertz CT molecular complexity index is 987. The summed E-state index contributed by atoms with van der Waals surface area (Å²) in [5.74, 6) is 0.849. The molecular weight excluding hydrogens is 737 g/mol. The van der Waals surface area contributed by atoms with Crippen LogP contribution in [0.25, 0.3) is 0 Å². The molecule has 3 saturated heterocycles. The SMILES string of the molecule is CC#N.CC1=NCCN1.CC1NCCN1.CO.C[O-].N=O.O=[N+]([O-])NC(N[N+](=O)[O-])=C1NCCN1.O=[N+]([O-])NC(N[N+](=O)[O-])=C1NCCN1.[Na+].[Na+].[Na+]. The van der Waals surface area contributed by atoms with Gasteiger partial charge < -0.3 is 47.4 Å². The number of amidine groups is 1. The predicted molar refractivity (Wildman–Crippen MR) is 169 cm³/mol. The molecule has 0 atom stereocenters. The summed E-state index contributed by atoms with van der Waals surface area (Å²) in [5, 5.41) is 79.7. The minimum atomic E-state index is -0.888. The van der Waals surface area contributed by atoms with E-state index in [0.717, 1.165) is 46.2 Å². The molecular formula is C20H45N18Na3O11+2. The van der Waals surface area contributed by atoms with Crippen molar-refractivity contribution in [3.8, 4) is 6.07 Å². The summed E-state index contributed by atoms with van der Waals surface area (Å²) < 4.78 is 0. The van der Waals surface area contributed by atoms with E-state index in [-0.39, 0.29) is 112 Å². The third-order valence-electron chi connectivity index (χ3n) is 4.64. The van der Waals surface area contributed by atoms with Gasteiger partial charge in [-0.25, -0.2) is 40.5 Å². The van der Waals surface area contributed by atoms with Gasteiger partial charge in [0.15, 0.2) is 31.8 Å². The summed E-state index contributed by atoms with van der Waals surface area (Å²) in [6.45, 7) is 12.0. The molecule has 0 aromatic heterocycles. The summed E-state index contributed by atoms with van der Waals surface area (Å²) in [4.78, 5) is 51.9. The van der Waals surface area contributed by atoms with E-state index in [1.54, 1.807) is 27.8 Å². The van der Waals surface area contributed by atoms with E-state index in [4.69, 9.17) is 20.4 Å². The molecule has 0 bridgehead atoms. The van der Waals surface area contributed by atoms with Crippen LogP contribution in [-0.2, 0) is 0 Å². The number of aliphatic hydroxyl groups excluding tert-OH is 1. The van der Waals surface area contributed by atoms with E-state index in [1.807, 2.05) is 6.92 Å². The van der Waals surface area contributed by atoms with Gasteiger partial charge in [0.2, 0.25) is 0 Å². The average molecular weight is 783 g/mol. The molecule has 4 rings (SSSR count). The fraction of sp³-hybridized carbons (Fsp3) is 0.700. The zero-order valence-electron chi connectivity index (χ0n) is 30.4. The predicted octanol–water partition coefficient (Wildman–Crippen LogP) is -14.3. The molecule has 13 N–H and O–H groups in total. The Morgan fingerprint density at radius 2 is 0.981 bits per heavy atom. The molecule has 0 amide bonds. The maximum absolute atomic E-state index is 10.1. The number of nitrogens with one attached hydrogen (secondary N) is 12. The first-order chi connectivity index (χ1) is 23.4. The summed E-state index contributed by atoms with van der Waals surface area (Å²) >= 11 is 0. The standard InChI is InChI=1S/2C4H8N6O4.C4H10N2.C4H8N2.C2H3N.CH4O.CH3O.HNO.3Na/c2*11-9(12)7-4(8-10(13)14)3-5-1-2-6-3;2*1-4-5-2-3-6-4;1-2-3;3*1-2;;;/h2*5-8H,1-2H2;4-6H,2-3H2,1H3;2-3H2,1H3,(H,5,6);1H3;2H,1H3;1H3;1H;;;/q;;;;;;-1;;3*+1. The van der Waals surface area contributed by atoms with Crippen LogP contribution in [0, 0.1) is 62.3 Å². The zero-order valence-corrected chi connectivity index (χ0v) is 36.4. The van der Waals surface area contributed by atoms with Crippen LogP contribution >= 0.6 is 0 Å². The fourth-order valence-corrected chi connectivity index (χ4v) is 3.03. The number of hydrazine groups is 4. The first-order valence-electron chi connectivity index (χ1n) is 13.6. The Balaban J connectivity index is -0.0000000989. The van der Waals surface area contributed by atoms with Gasteiger partial charge in [0, 0.05) is 59.8 Å². The average Bonchev–Trinajstić information content (AvgIpc) is 3.90. The Hall–Kier alpha value is -3.12. The Labute approximate surface area is 364 Å². The number of aliphatic imine (C=N–C) groups is 1. The molecule has 52 heavy (non-hydrogen) atoms. The first-order valence-corrected chi connectivity index (χ1v) is 13.6. The summed E-state index contributed by atoms with van der Waals surface area (Å²) in [6.07, 6.45) is 0.546. The van der Waals surface area contributed by atoms with Crippen LogP contribution < -0.4 is 153 Å². The van der Waals surface area contributed by atoms with Crippen molar-refractivity contribution in [1.82, 2.24) is 58.9 Å². The molecule has 0 aromatic carbocycles. The molecule has 4 heterocycles. The molecule has 32 heteroatoms. The van der Waals surface area contributed by atoms with Gasteiger partial charge in [0.25, 0.3) is 11.6 Å². The van der Waals surface area contributed by atoms with Gasteiger partial charge in [-0.05, 0) is 13.8 Å². The topological polar surface area (TPSA) is 425 Å². The molecule has 282 valence electrons. The second-order valence-corrected chi connectivity index (χ2v) is 7.93. The van der Waals surface area contributed by atoms with Crippen LogP contribution in [0.4, 0.5) is 0 Å². The molecule has 0 unspecified atom stereocenters. The Morgan fingerprint density at radius 1 is 0.712 bits per heavy atom. The van der Waals surface area contributed by atoms with Crippen molar-refractivity contribution < 1.29 is 119 Å². The van der Waals surface area contributed by atoms with Crippen molar-refractivity contribution in [2.24, 2.45) is 4.99 Å². The fourth-order valence-electron chi connectivity index (χ4n) is 3.03. The molecule has 29 nitrogen and oxygen atoms in total. The smallest absolute Gasteiger partial charge is 0.857 e. The summed E-state index contributed by atoms with van der Waals surface area (Å²) in [7, 11) is 1.75. The van der Waals surface area contributed by atoms with Crippen molar-refractivity contribution in [3.63, 3.8) is 0 Å². The van der Waals surface area contributed by atoms with Gasteiger partial charge in [0.05, 0.1) is 24.6 Å². The number of hydrogen-bond donors (Lipinski definition) is 13. The number of nitroso groups, excluding NO2 is 1. The number of nitrogens with zero attached hydrogens (tertiary/aromatic N) is 6. The van der Waals surface area contributed by atoms with Crippen molar-refractivity contribution >= 4 is 5.84 Å². The Kier molecular flexibility index (Phi) is 56.4. The van der Waals surface area contributed by atoms with E-state index in [2.05, 4.69) is 54.7 Å². The van der Waals surface area contributed by atoms with Crippen molar-refractivity contribution in [2.75, 3.05) is 66.6 Å². The van der Waals surface area contributed by atoms with Crippen LogP contribution in [0.1, 0.15) is 20.8 Å². The minimum Gasteiger partial charge on any atom is -0.857 e. The summed E-state index contributed by atoms with van der Waals surface area (Å²) in [6, 6.07) is 1.75. The maximum Gasteiger partial charge on any atom is 1.00 e. The maximum atomic E-state index is 10.1. The van der Waals surface area contributed by atoms with E-state index < -0.39 is 20.1 Å². The molecule has 0 saturated carbocycles. The number of nitro groups is 4. The van der Waals surface area contributed by atoms with Crippen LogP contribution in [0.2, 0.25) is 0 Å². The molecule has 3 fully saturated rings. The molecule has 0 aromatic rings. The third-order valence-corrected chi connectivity index (χ3v) is 4.64. The van der Waals surface area contributed by atoms with Crippen molar-refractivity contribution in [3.05, 3.63) is 68.6 Å². The second kappa shape index (κ2) is 45.9.